The molecule has 1 N–H and O–H groups in total. The molecule has 0 aliphatic heterocycles. The fourth-order valence-corrected chi connectivity index (χ4v) is 1.98. The normalized spacial score (nSPS) is 12.4. The maximum Gasteiger partial charge on any atom is 0.343 e. The monoisotopic (exact) mass is 408 g/mol. The summed E-state index contributed by atoms with van der Waals surface area (Å²) in [5.74, 6) is -0.950. The van der Waals surface area contributed by atoms with Gasteiger partial charge in [0.1, 0.15) is 16.5 Å². The van der Waals surface area contributed by atoms with Gasteiger partial charge in [-0.05, 0) is 42.5 Å². The molecule has 7 heteroatoms. The number of aromatic nitrogens is 1. The first kappa shape index (κ1) is 16.9. The van der Waals surface area contributed by atoms with Crippen molar-refractivity contribution < 1.29 is 14.6 Å². The van der Waals surface area contributed by atoms with Crippen LogP contribution in [0.4, 0.5) is 0 Å². The Bertz CT molecular complexity index is 559. The molecule has 1 aromatic heterocycles. The lowest BCUT2D eigenvalue weighted by Gasteiger charge is -2.08. The summed E-state index contributed by atoms with van der Waals surface area (Å²) in [4.78, 5) is 19.8. The zero-order valence-electron chi connectivity index (χ0n) is 11.1. The van der Waals surface area contributed by atoms with Crippen LogP contribution in [0.5, 0.6) is 0 Å². The Labute approximate surface area is 135 Å². The summed E-state index contributed by atoms with van der Waals surface area (Å²) in [7, 11) is 0. The summed E-state index contributed by atoms with van der Waals surface area (Å²) in [6.45, 7) is 4.18. The summed E-state index contributed by atoms with van der Waals surface area (Å²) in [6, 6.07) is 1.63. The number of hydrogen-bond acceptors (Lipinski definition) is 5. The second-order valence-corrected chi connectivity index (χ2v) is 5.21. The lowest BCUT2D eigenvalue weighted by Crippen LogP contribution is -2.12. The molecule has 108 valence electrons. The average Bonchev–Trinajstić information content (AvgIpc) is 2.42. The highest BCUT2D eigenvalue weighted by Gasteiger charge is 2.18. The number of rotatable bonds is 5. The van der Waals surface area contributed by atoms with E-state index in [0.717, 1.165) is 3.57 Å². The van der Waals surface area contributed by atoms with Gasteiger partial charge in [-0.15, -0.1) is 0 Å². The summed E-state index contributed by atoms with van der Waals surface area (Å²) < 4.78 is 5.68. The summed E-state index contributed by atoms with van der Waals surface area (Å²) >= 11 is 7.98. The van der Waals surface area contributed by atoms with Crippen molar-refractivity contribution in [2.45, 2.75) is 13.8 Å². The van der Waals surface area contributed by atoms with Gasteiger partial charge < -0.3 is 9.84 Å². The molecule has 0 aliphatic rings. The molecule has 1 rings (SSSR count). The van der Waals surface area contributed by atoms with Crippen LogP contribution in [0.1, 0.15) is 19.4 Å². The molecule has 0 saturated carbocycles. The van der Waals surface area contributed by atoms with E-state index in [-0.39, 0.29) is 28.7 Å². The van der Waals surface area contributed by atoms with Gasteiger partial charge >= 0.3 is 5.97 Å². The van der Waals surface area contributed by atoms with Crippen molar-refractivity contribution in [3.05, 3.63) is 32.1 Å². The number of pyridine rings is 1. The zero-order chi connectivity index (χ0) is 15.1. The van der Waals surface area contributed by atoms with Gasteiger partial charge in [-0.2, -0.15) is 0 Å². The van der Waals surface area contributed by atoms with Crippen molar-refractivity contribution in [3.8, 4) is 0 Å². The number of esters is 1. The van der Waals surface area contributed by atoms with Crippen LogP contribution in [0, 0.1) is 3.57 Å². The van der Waals surface area contributed by atoms with E-state index < -0.39 is 5.97 Å². The standard InChI is InChI=1S/C13H14ClIN2O3/c1-3-16-7-10(13(19)20-4-2)11(18)9-5-8(15)6-17-12(9)14/h5-7,18H,3-4H2,1-2H3. The molecule has 1 heterocycles. The Kier molecular flexibility index (Phi) is 6.94. The second kappa shape index (κ2) is 8.21. The van der Waals surface area contributed by atoms with Crippen LogP contribution < -0.4 is 0 Å². The molecule has 1 aromatic rings. The molecule has 0 aromatic carbocycles. The van der Waals surface area contributed by atoms with Gasteiger partial charge in [0, 0.05) is 22.5 Å². The third kappa shape index (κ3) is 4.45. The summed E-state index contributed by atoms with van der Waals surface area (Å²) in [5, 5.41) is 10.4. The Morgan fingerprint density at radius 1 is 1.60 bits per heavy atom. The Hall–Kier alpha value is -1.15. The number of aliphatic hydroxyl groups is 1. The van der Waals surface area contributed by atoms with Gasteiger partial charge in [0.15, 0.2) is 0 Å². The first-order valence-electron chi connectivity index (χ1n) is 5.92. The predicted octanol–water partition coefficient (Wildman–Crippen LogP) is 3.26. The van der Waals surface area contributed by atoms with E-state index in [4.69, 9.17) is 16.3 Å². The van der Waals surface area contributed by atoms with Crippen LogP contribution in [-0.2, 0) is 9.53 Å². The minimum Gasteiger partial charge on any atom is -0.506 e. The fourth-order valence-electron chi connectivity index (χ4n) is 1.34. The molecule has 0 amide bonds. The van der Waals surface area contributed by atoms with E-state index in [0.29, 0.717) is 6.54 Å². The Balaban J connectivity index is 3.35. The van der Waals surface area contributed by atoms with Crippen LogP contribution >= 0.6 is 34.2 Å². The molecule has 5 nitrogen and oxygen atoms in total. The Morgan fingerprint density at radius 3 is 2.90 bits per heavy atom. The third-order valence-electron chi connectivity index (χ3n) is 2.21. The number of halogens is 2. The number of aliphatic imine (C=N–C) groups is 1. The average molecular weight is 409 g/mol. The molecule has 0 spiro atoms. The van der Waals surface area contributed by atoms with E-state index in [1.54, 1.807) is 19.2 Å². The molecular formula is C13H14ClIN2O3. The quantitative estimate of drug-likeness (QED) is 0.203. The molecule has 0 atom stereocenters. The number of aliphatic hydroxyl groups excluding tert-OH is 1. The van der Waals surface area contributed by atoms with E-state index in [1.807, 2.05) is 29.5 Å². The van der Waals surface area contributed by atoms with Gasteiger partial charge in [-0.1, -0.05) is 11.6 Å². The highest BCUT2D eigenvalue weighted by atomic mass is 127. The molecule has 0 aliphatic carbocycles. The number of carbonyl (C=O) groups is 1. The van der Waals surface area contributed by atoms with Crippen molar-refractivity contribution in [1.82, 2.24) is 4.98 Å². The van der Waals surface area contributed by atoms with E-state index >= 15 is 0 Å². The van der Waals surface area contributed by atoms with Gasteiger partial charge in [0.05, 0.1) is 12.2 Å². The largest absolute Gasteiger partial charge is 0.506 e. The van der Waals surface area contributed by atoms with Crippen LogP contribution in [0.3, 0.4) is 0 Å². The number of nitrogens with zero attached hydrogens (tertiary/aromatic N) is 2. The van der Waals surface area contributed by atoms with E-state index in [2.05, 4.69) is 9.98 Å². The molecular weight excluding hydrogens is 395 g/mol. The number of hydrogen-bond donors (Lipinski definition) is 1. The van der Waals surface area contributed by atoms with Gasteiger partial charge in [0.25, 0.3) is 0 Å². The smallest absolute Gasteiger partial charge is 0.343 e. The van der Waals surface area contributed by atoms with Crippen molar-refractivity contribution in [2.75, 3.05) is 13.2 Å². The van der Waals surface area contributed by atoms with Crippen LogP contribution in [0.2, 0.25) is 5.15 Å². The summed E-state index contributed by atoms with van der Waals surface area (Å²) in [5.41, 5.74) is 0.226. The van der Waals surface area contributed by atoms with Crippen molar-refractivity contribution in [3.63, 3.8) is 0 Å². The highest BCUT2D eigenvalue weighted by molar-refractivity contribution is 14.1. The molecule has 0 radical (unpaired) electrons. The van der Waals surface area contributed by atoms with E-state index in [9.17, 15) is 9.90 Å². The van der Waals surface area contributed by atoms with Gasteiger partial charge in [-0.25, -0.2) is 9.78 Å². The SMILES string of the molecule is CCN=CC(C(=O)OCC)=C(O)c1cc(I)cnc1Cl. The lowest BCUT2D eigenvalue weighted by molar-refractivity contribution is -0.137. The summed E-state index contributed by atoms with van der Waals surface area (Å²) in [6.07, 6.45) is 2.84. The van der Waals surface area contributed by atoms with Crippen molar-refractivity contribution >= 4 is 52.1 Å². The first-order chi connectivity index (χ1) is 9.51. The minimum absolute atomic E-state index is 0.0422. The lowest BCUT2D eigenvalue weighted by atomic mass is 10.1. The topological polar surface area (TPSA) is 71.8 Å². The van der Waals surface area contributed by atoms with Crippen LogP contribution in [0.25, 0.3) is 5.76 Å². The molecule has 20 heavy (non-hydrogen) atoms. The Morgan fingerprint density at radius 2 is 2.30 bits per heavy atom. The minimum atomic E-state index is -0.655. The maximum atomic E-state index is 11.9. The van der Waals surface area contributed by atoms with Crippen LogP contribution in [0.15, 0.2) is 22.8 Å². The molecule has 0 unspecified atom stereocenters. The van der Waals surface area contributed by atoms with Crippen molar-refractivity contribution in [1.29, 1.82) is 0 Å². The molecule has 0 bridgehead atoms. The van der Waals surface area contributed by atoms with Gasteiger partial charge in [0.2, 0.25) is 0 Å². The maximum absolute atomic E-state index is 11.9. The zero-order valence-corrected chi connectivity index (χ0v) is 14.0. The molecule has 0 fully saturated rings. The number of carbonyl (C=O) groups excluding carboxylic acids is 1. The fraction of sp³-hybridized carbons (Fsp3) is 0.308. The molecule has 0 saturated heterocycles. The van der Waals surface area contributed by atoms with Crippen molar-refractivity contribution in [2.24, 2.45) is 4.99 Å². The first-order valence-corrected chi connectivity index (χ1v) is 7.38. The van der Waals surface area contributed by atoms with Crippen LogP contribution in [-0.4, -0.2) is 35.4 Å². The predicted molar refractivity (Wildman–Crippen MR) is 87.2 cm³/mol. The number of ether oxygens (including phenoxy) is 1. The second-order valence-electron chi connectivity index (χ2n) is 3.60. The highest BCUT2D eigenvalue weighted by Crippen LogP contribution is 2.24. The third-order valence-corrected chi connectivity index (χ3v) is 3.11. The van der Waals surface area contributed by atoms with E-state index in [1.165, 1.54) is 6.21 Å². The van der Waals surface area contributed by atoms with Gasteiger partial charge in [-0.3, -0.25) is 4.99 Å².